The quantitative estimate of drug-likeness (QED) is 0.475. The fourth-order valence-electron chi connectivity index (χ4n) is 2.72. The monoisotopic (exact) mass is 395 g/mol. The number of nitrogens with zero attached hydrogens (tertiary/aromatic N) is 2. The molecule has 0 radical (unpaired) electrons. The van der Waals surface area contributed by atoms with Gasteiger partial charge in [-0.15, -0.1) is 22.7 Å². The number of carbonyl (C=O) groups excluding carboxylic acids is 1. The van der Waals surface area contributed by atoms with Crippen LogP contribution in [0.3, 0.4) is 0 Å². The first-order valence-corrected chi connectivity index (χ1v) is 10.1. The molecule has 0 aliphatic heterocycles. The molecule has 3 aromatic heterocycles. The van der Waals surface area contributed by atoms with Crippen LogP contribution in [0.1, 0.15) is 17.4 Å². The Morgan fingerprint density at radius 1 is 1.11 bits per heavy atom. The largest absolute Gasteiger partial charge is 0.438 e. The first-order chi connectivity index (χ1) is 13.0. The Morgan fingerprint density at radius 3 is 2.56 bits per heavy atom. The molecule has 7 heteroatoms. The third kappa shape index (κ3) is 3.56. The van der Waals surface area contributed by atoms with Crippen LogP contribution >= 0.6 is 22.7 Å². The Bertz CT molecular complexity index is 1120. The summed E-state index contributed by atoms with van der Waals surface area (Å²) >= 11 is 3.25. The van der Waals surface area contributed by atoms with Gasteiger partial charge in [0.15, 0.2) is 5.82 Å². The van der Waals surface area contributed by atoms with Crippen molar-refractivity contribution in [2.45, 2.75) is 20.8 Å². The fourth-order valence-corrected chi connectivity index (χ4v) is 4.40. The van der Waals surface area contributed by atoms with Crippen LogP contribution in [0.25, 0.3) is 20.9 Å². The van der Waals surface area contributed by atoms with Gasteiger partial charge in [-0.05, 0) is 55.1 Å². The van der Waals surface area contributed by atoms with Crippen molar-refractivity contribution in [3.63, 3.8) is 0 Å². The Balaban J connectivity index is 1.76. The summed E-state index contributed by atoms with van der Waals surface area (Å²) in [5.41, 5.74) is 1.86. The van der Waals surface area contributed by atoms with Crippen molar-refractivity contribution in [1.82, 2.24) is 9.97 Å². The van der Waals surface area contributed by atoms with Gasteiger partial charge in [0.2, 0.25) is 11.8 Å². The van der Waals surface area contributed by atoms with E-state index in [1.807, 2.05) is 29.6 Å². The first-order valence-electron chi connectivity index (χ1n) is 8.38. The maximum Gasteiger partial charge on any atom is 0.231 e. The molecule has 0 aliphatic rings. The number of hydrogen-bond acceptors (Lipinski definition) is 6. The molecule has 5 nitrogen and oxygen atoms in total. The van der Waals surface area contributed by atoms with Gasteiger partial charge < -0.3 is 10.1 Å². The molecule has 0 unspecified atom stereocenters. The maximum atomic E-state index is 11.2. The SMILES string of the molecule is CC(=O)Nc1ccc(Oc2nc(-c3cccs3)nc3sc(C)c(C)c23)cc1. The Kier molecular flexibility index (Phi) is 4.63. The number of thiophene rings is 2. The summed E-state index contributed by atoms with van der Waals surface area (Å²) in [6.07, 6.45) is 0. The molecule has 0 saturated heterocycles. The number of aryl methyl sites for hydroxylation is 2. The first kappa shape index (κ1) is 17.6. The van der Waals surface area contributed by atoms with Gasteiger partial charge in [0.25, 0.3) is 0 Å². The topological polar surface area (TPSA) is 64.1 Å². The van der Waals surface area contributed by atoms with Crippen molar-refractivity contribution in [3.05, 3.63) is 52.2 Å². The summed E-state index contributed by atoms with van der Waals surface area (Å²) in [5, 5.41) is 5.71. The minimum absolute atomic E-state index is 0.105. The van der Waals surface area contributed by atoms with Crippen LogP contribution in [-0.2, 0) is 4.79 Å². The lowest BCUT2D eigenvalue weighted by molar-refractivity contribution is -0.114. The molecule has 0 spiro atoms. The lowest BCUT2D eigenvalue weighted by Gasteiger charge is -2.09. The lowest BCUT2D eigenvalue weighted by atomic mass is 10.2. The molecule has 1 amide bonds. The molecule has 1 aromatic carbocycles. The van der Waals surface area contributed by atoms with E-state index in [1.165, 1.54) is 11.8 Å². The number of carbonyl (C=O) groups is 1. The molecule has 0 saturated carbocycles. The molecule has 0 aliphatic carbocycles. The van der Waals surface area contributed by atoms with Gasteiger partial charge in [-0.25, -0.2) is 4.98 Å². The predicted octanol–water partition coefficient (Wildman–Crippen LogP) is 5.79. The van der Waals surface area contributed by atoms with Gasteiger partial charge in [-0.2, -0.15) is 4.98 Å². The van der Waals surface area contributed by atoms with Crippen LogP contribution in [0, 0.1) is 13.8 Å². The molecular weight excluding hydrogens is 378 g/mol. The zero-order valence-corrected chi connectivity index (χ0v) is 16.7. The molecule has 27 heavy (non-hydrogen) atoms. The number of benzene rings is 1. The second kappa shape index (κ2) is 7.09. The third-order valence-corrected chi connectivity index (χ3v) is 6.09. The number of nitrogens with one attached hydrogen (secondary N) is 1. The zero-order valence-electron chi connectivity index (χ0n) is 15.1. The van der Waals surface area contributed by atoms with E-state index < -0.39 is 0 Å². The minimum atomic E-state index is -0.105. The van der Waals surface area contributed by atoms with Gasteiger partial charge in [0.05, 0.1) is 10.3 Å². The molecule has 0 atom stereocenters. The Hall–Kier alpha value is -2.77. The van der Waals surface area contributed by atoms with Gasteiger partial charge in [0, 0.05) is 17.5 Å². The second-order valence-electron chi connectivity index (χ2n) is 6.10. The highest BCUT2D eigenvalue weighted by Crippen LogP contribution is 2.38. The number of aromatic nitrogens is 2. The summed E-state index contributed by atoms with van der Waals surface area (Å²) in [4.78, 5) is 23.7. The normalized spacial score (nSPS) is 10.9. The molecular formula is C20H17N3O2S2. The van der Waals surface area contributed by atoms with Crippen LogP contribution in [0.5, 0.6) is 11.6 Å². The van der Waals surface area contributed by atoms with Crippen molar-refractivity contribution in [1.29, 1.82) is 0 Å². The van der Waals surface area contributed by atoms with E-state index in [0.717, 1.165) is 26.3 Å². The summed E-state index contributed by atoms with van der Waals surface area (Å²) < 4.78 is 6.13. The zero-order chi connectivity index (χ0) is 19.0. The van der Waals surface area contributed by atoms with Gasteiger partial charge in [-0.3, -0.25) is 4.79 Å². The van der Waals surface area contributed by atoms with Crippen LogP contribution < -0.4 is 10.1 Å². The van der Waals surface area contributed by atoms with Gasteiger partial charge in [-0.1, -0.05) is 6.07 Å². The molecule has 1 N–H and O–H groups in total. The van der Waals surface area contributed by atoms with E-state index in [-0.39, 0.29) is 5.91 Å². The van der Waals surface area contributed by atoms with E-state index in [0.29, 0.717) is 17.5 Å². The fraction of sp³-hybridized carbons (Fsp3) is 0.150. The summed E-state index contributed by atoms with van der Waals surface area (Å²) in [7, 11) is 0. The Morgan fingerprint density at radius 2 is 1.89 bits per heavy atom. The lowest BCUT2D eigenvalue weighted by Crippen LogP contribution is -2.05. The highest BCUT2D eigenvalue weighted by Gasteiger charge is 2.17. The molecule has 136 valence electrons. The number of rotatable bonds is 4. The van der Waals surface area contributed by atoms with Crippen LogP contribution in [-0.4, -0.2) is 15.9 Å². The summed E-state index contributed by atoms with van der Waals surface area (Å²) in [6, 6.07) is 11.2. The van der Waals surface area contributed by atoms with Gasteiger partial charge in [0.1, 0.15) is 10.6 Å². The van der Waals surface area contributed by atoms with E-state index in [1.54, 1.807) is 34.8 Å². The van der Waals surface area contributed by atoms with Crippen molar-refractivity contribution in [2.24, 2.45) is 0 Å². The average Bonchev–Trinajstić information content (AvgIpc) is 3.25. The molecule has 0 bridgehead atoms. The third-order valence-electron chi connectivity index (χ3n) is 4.13. The average molecular weight is 396 g/mol. The number of amides is 1. The molecule has 4 rings (SSSR count). The van der Waals surface area contributed by atoms with E-state index in [4.69, 9.17) is 14.7 Å². The highest BCUT2D eigenvalue weighted by atomic mass is 32.1. The number of fused-ring (bicyclic) bond motifs is 1. The van der Waals surface area contributed by atoms with Crippen molar-refractivity contribution in [3.8, 4) is 22.3 Å². The predicted molar refractivity (Wildman–Crippen MR) is 111 cm³/mol. The van der Waals surface area contributed by atoms with Crippen molar-refractivity contribution in [2.75, 3.05) is 5.32 Å². The van der Waals surface area contributed by atoms with Gasteiger partial charge >= 0.3 is 0 Å². The number of ether oxygens (including phenoxy) is 1. The summed E-state index contributed by atoms with van der Waals surface area (Å²) in [5.74, 6) is 1.77. The summed E-state index contributed by atoms with van der Waals surface area (Å²) in [6.45, 7) is 5.63. The molecule has 4 aromatic rings. The minimum Gasteiger partial charge on any atom is -0.438 e. The molecule has 3 heterocycles. The smallest absolute Gasteiger partial charge is 0.231 e. The highest BCUT2D eigenvalue weighted by molar-refractivity contribution is 7.18. The maximum absolute atomic E-state index is 11.2. The van der Waals surface area contributed by atoms with E-state index >= 15 is 0 Å². The van der Waals surface area contributed by atoms with Crippen LogP contribution in [0.4, 0.5) is 5.69 Å². The van der Waals surface area contributed by atoms with Crippen LogP contribution in [0.15, 0.2) is 41.8 Å². The van der Waals surface area contributed by atoms with E-state index in [9.17, 15) is 4.79 Å². The van der Waals surface area contributed by atoms with Crippen molar-refractivity contribution >= 4 is 44.5 Å². The Labute approximate surface area is 164 Å². The second-order valence-corrected chi connectivity index (χ2v) is 8.25. The van der Waals surface area contributed by atoms with Crippen LogP contribution in [0.2, 0.25) is 0 Å². The molecule has 0 fully saturated rings. The number of hydrogen-bond donors (Lipinski definition) is 1. The van der Waals surface area contributed by atoms with Crippen molar-refractivity contribution < 1.29 is 9.53 Å². The number of anilines is 1. The van der Waals surface area contributed by atoms with E-state index in [2.05, 4.69) is 19.2 Å². The standard InChI is InChI=1S/C20H17N3O2S2/c1-11-12(2)27-20-17(11)19(22-18(23-20)16-5-4-10-26-16)25-15-8-6-14(7-9-15)21-13(3)24/h4-10H,1-3H3,(H,21,24).